The van der Waals surface area contributed by atoms with Crippen molar-refractivity contribution in [3.63, 3.8) is 0 Å². The highest BCUT2D eigenvalue weighted by molar-refractivity contribution is 5.95. The normalized spacial score (nSPS) is 18.9. The van der Waals surface area contributed by atoms with Gasteiger partial charge in [0.05, 0.1) is 11.7 Å². The summed E-state index contributed by atoms with van der Waals surface area (Å²) < 4.78 is 13.2. The molecule has 1 aliphatic rings. The topological polar surface area (TPSA) is 41.1 Å². The SMILES string of the molecule is Cl.O=C(Nc1ccccc1F)[C@@H]1CCCN1. The number of rotatable bonds is 2. The Morgan fingerprint density at radius 3 is 2.81 bits per heavy atom. The number of carbonyl (C=O) groups is 1. The predicted octanol–water partition coefficient (Wildman–Crippen LogP) is 1.94. The van der Waals surface area contributed by atoms with Crippen molar-refractivity contribution >= 4 is 24.0 Å². The zero-order valence-corrected chi connectivity index (χ0v) is 9.52. The number of para-hydroxylation sites is 1. The number of carbonyl (C=O) groups excluding carboxylic acids is 1. The molecule has 2 N–H and O–H groups in total. The first-order chi connectivity index (χ1) is 7.27. The van der Waals surface area contributed by atoms with Crippen LogP contribution < -0.4 is 10.6 Å². The van der Waals surface area contributed by atoms with E-state index in [1.807, 2.05) is 0 Å². The minimum absolute atomic E-state index is 0. The molecule has 1 amide bonds. The summed E-state index contributed by atoms with van der Waals surface area (Å²) in [6.45, 7) is 0.857. The lowest BCUT2D eigenvalue weighted by Gasteiger charge is -2.11. The van der Waals surface area contributed by atoms with Crippen LogP contribution in [-0.2, 0) is 4.79 Å². The molecule has 88 valence electrons. The first-order valence-corrected chi connectivity index (χ1v) is 5.06. The molecule has 5 heteroatoms. The highest BCUT2D eigenvalue weighted by Gasteiger charge is 2.22. The van der Waals surface area contributed by atoms with Crippen LogP contribution in [0.3, 0.4) is 0 Å². The van der Waals surface area contributed by atoms with Gasteiger partial charge in [-0.25, -0.2) is 4.39 Å². The van der Waals surface area contributed by atoms with Gasteiger partial charge in [-0.3, -0.25) is 4.79 Å². The molecule has 16 heavy (non-hydrogen) atoms. The summed E-state index contributed by atoms with van der Waals surface area (Å²) in [5, 5.41) is 5.64. The highest BCUT2D eigenvalue weighted by atomic mass is 35.5. The van der Waals surface area contributed by atoms with Crippen molar-refractivity contribution in [2.24, 2.45) is 0 Å². The van der Waals surface area contributed by atoms with Crippen LogP contribution in [0.25, 0.3) is 0 Å². The maximum atomic E-state index is 13.2. The molecular weight excluding hydrogens is 231 g/mol. The van der Waals surface area contributed by atoms with Crippen LogP contribution in [0, 0.1) is 5.82 Å². The first kappa shape index (κ1) is 12.9. The van der Waals surface area contributed by atoms with Crippen molar-refractivity contribution in [2.45, 2.75) is 18.9 Å². The summed E-state index contributed by atoms with van der Waals surface area (Å²) in [5.74, 6) is -0.554. The summed E-state index contributed by atoms with van der Waals surface area (Å²) in [7, 11) is 0. The van der Waals surface area contributed by atoms with Crippen LogP contribution in [0.2, 0.25) is 0 Å². The molecule has 1 aliphatic heterocycles. The van der Waals surface area contributed by atoms with Gasteiger partial charge < -0.3 is 10.6 Å². The van der Waals surface area contributed by atoms with Gasteiger partial charge in [0.1, 0.15) is 5.82 Å². The summed E-state index contributed by atoms with van der Waals surface area (Å²) in [4.78, 5) is 11.6. The van der Waals surface area contributed by atoms with E-state index < -0.39 is 5.82 Å². The summed E-state index contributed by atoms with van der Waals surface area (Å²) in [5.41, 5.74) is 0.246. The third-order valence-electron chi connectivity index (χ3n) is 2.51. The lowest BCUT2D eigenvalue weighted by Crippen LogP contribution is -2.35. The molecule has 1 aromatic rings. The van der Waals surface area contributed by atoms with E-state index >= 15 is 0 Å². The number of anilines is 1. The Morgan fingerprint density at radius 1 is 1.44 bits per heavy atom. The standard InChI is InChI=1S/C11H13FN2O.ClH/c12-8-4-1-2-5-9(8)14-11(15)10-6-3-7-13-10;/h1-2,4-5,10,13H,3,6-7H2,(H,14,15);1H/t10-;/m0./s1. The Bertz CT molecular complexity index is 367. The Morgan fingerprint density at radius 2 is 2.19 bits per heavy atom. The molecule has 1 atom stereocenters. The lowest BCUT2D eigenvalue weighted by atomic mass is 10.2. The van der Waals surface area contributed by atoms with E-state index in [1.54, 1.807) is 18.2 Å². The van der Waals surface area contributed by atoms with Crippen molar-refractivity contribution in [1.82, 2.24) is 5.32 Å². The third-order valence-corrected chi connectivity index (χ3v) is 2.51. The molecule has 0 bridgehead atoms. The minimum atomic E-state index is -0.399. The fourth-order valence-corrected chi connectivity index (χ4v) is 1.69. The monoisotopic (exact) mass is 244 g/mol. The van der Waals surface area contributed by atoms with Crippen LogP contribution in [-0.4, -0.2) is 18.5 Å². The van der Waals surface area contributed by atoms with Gasteiger partial charge in [-0.1, -0.05) is 12.1 Å². The van der Waals surface area contributed by atoms with Gasteiger partial charge in [0.15, 0.2) is 0 Å². The van der Waals surface area contributed by atoms with Gasteiger partial charge in [0.2, 0.25) is 5.91 Å². The molecule has 0 spiro atoms. The minimum Gasteiger partial charge on any atom is -0.322 e. The van der Waals surface area contributed by atoms with E-state index in [0.29, 0.717) is 0 Å². The van der Waals surface area contributed by atoms with Crippen LogP contribution >= 0.6 is 12.4 Å². The number of nitrogens with one attached hydrogen (secondary N) is 2. The van der Waals surface area contributed by atoms with Gasteiger partial charge >= 0.3 is 0 Å². The molecule has 1 saturated heterocycles. The smallest absolute Gasteiger partial charge is 0.241 e. The molecule has 0 aliphatic carbocycles. The second-order valence-electron chi connectivity index (χ2n) is 3.62. The van der Waals surface area contributed by atoms with Crippen LogP contribution in [0.5, 0.6) is 0 Å². The molecule has 1 heterocycles. The Labute approximate surface area is 99.8 Å². The molecule has 0 radical (unpaired) electrons. The first-order valence-electron chi connectivity index (χ1n) is 5.06. The quantitative estimate of drug-likeness (QED) is 0.835. The maximum Gasteiger partial charge on any atom is 0.241 e. The number of hydrogen-bond donors (Lipinski definition) is 2. The molecule has 0 saturated carbocycles. The van der Waals surface area contributed by atoms with E-state index in [9.17, 15) is 9.18 Å². The van der Waals surface area contributed by atoms with Crippen molar-refractivity contribution in [3.8, 4) is 0 Å². The third kappa shape index (κ3) is 2.93. The fraction of sp³-hybridized carbons (Fsp3) is 0.364. The maximum absolute atomic E-state index is 13.2. The van der Waals surface area contributed by atoms with Gasteiger partial charge in [-0.2, -0.15) is 0 Å². The summed E-state index contributed by atoms with van der Waals surface area (Å²) >= 11 is 0. The fourth-order valence-electron chi connectivity index (χ4n) is 1.69. The van der Waals surface area contributed by atoms with E-state index in [4.69, 9.17) is 0 Å². The Kier molecular flexibility index (Phi) is 4.71. The molecule has 0 unspecified atom stereocenters. The van der Waals surface area contributed by atoms with E-state index in [1.165, 1.54) is 6.07 Å². The average molecular weight is 245 g/mol. The van der Waals surface area contributed by atoms with Crippen LogP contribution in [0.1, 0.15) is 12.8 Å². The van der Waals surface area contributed by atoms with Crippen molar-refractivity contribution in [3.05, 3.63) is 30.1 Å². The van der Waals surface area contributed by atoms with Gasteiger partial charge in [-0.15, -0.1) is 12.4 Å². The number of amides is 1. The summed E-state index contributed by atoms with van der Waals surface area (Å²) in [6, 6.07) is 6.00. The number of hydrogen-bond acceptors (Lipinski definition) is 2. The Balaban J connectivity index is 0.00000128. The van der Waals surface area contributed by atoms with Crippen molar-refractivity contribution < 1.29 is 9.18 Å². The Hall–Kier alpha value is -1.13. The molecule has 3 nitrogen and oxygen atoms in total. The average Bonchev–Trinajstić information content (AvgIpc) is 2.74. The lowest BCUT2D eigenvalue weighted by molar-refractivity contribution is -0.117. The highest BCUT2D eigenvalue weighted by Crippen LogP contribution is 2.14. The second-order valence-corrected chi connectivity index (χ2v) is 3.62. The van der Waals surface area contributed by atoms with Crippen molar-refractivity contribution in [1.29, 1.82) is 0 Å². The molecule has 1 fully saturated rings. The molecule has 2 rings (SSSR count). The zero-order chi connectivity index (χ0) is 10.7. The summed E-state index contributed by atoms with van der Waals surface area (Å²) in [6.07, 6.45) is 1.82. The van der Waals surface area contributed by atoms with Crippen LogP contribution in [0.4, 0.5) is 10.1 Å². The predicted molar refractivity (Wildman–Crippen MR) is 63.3 cm³/mol. The number of benzene rings is 1. The molecule has 0 aromatic heterocycles. The van der Waals surface area contributed by atoms with Gasteiger partial charge in [-0.05, 0) is 31.5 Å². The second kappa shape index (κ2) is 5.82. The molecule has 1 aromatic carbocycles. The van der Waals surface area contributed by atoms with E-state index in [-0.39, 0.29) is 30.0 Å². The molecular formula is C11H14ClFN2O. The number of halogens is 2. The van der Waals surface area contributed by atoms with Gasteiger partial charge in [0, 0.05) is 0 Å². The zero-order valence-electron chi connectivity index (χ0n) is 8.70. The van der Waals surface area contributed by atoms with E-state index in [0.717, 1.165) is 19.4 Å². The van der Waals surface area contributed by atoms with Gasteiger partial charge in [0.25, 0.3) is 0 Å². The van der Waals surface area contributed by atoms with E-state index in [2.05, 4.69) is 10.6 Å². The largest absolute Gasteiger partial charge is 0.322 e. The van der Waals surface area contributed by atoms with Crippen molar-refractivity contribution in [2.75, 3.05) is 11.9 Å². The van der Waals surface area contributed by atoms with Crippen LogP contribution in [0.15, 0.2) is 24.3 Å².